The topological polar surface area (TPSA) is 51.2 Å². The van der Waals surface area contributed by atoms with Crippen molar-refractivity contribution >= 4 is 34.2 Å². The third-order valence-electron chi connectivity index (χ3n) is 2.79. The quantitative estimate of drug-likeness (QED) is 0.518. The molecular weight excluding hydrogens is 264 g/mol. The van der Waals surface area contributed by atoms with Crippen molar-refractivity contribution in [3.63, 3.8) is 0 Å². The average molecular weight is 279 g/mol. The van der Waals surface area contributed by atoms with Gasteiger partial charge in [-0.2, -0.15) is 0 Å². The number of halogens is 1. The Balaban J connectivity index is 2.06. The molecule has 0 atom stereocenters. The highest BCUT2D eigenvalue weighted by molar-refractivity contribution is 6.30. The zero-order chi connectivity index (χ0) is 13.7. The largest absolute Gasteiger partial charge is 0.469 e. The lowest BCUT2D eigenvalue weighted by Crippen LogP contribution is -2.07. The number of methoxy groups -OCH3 is 1. The highest BCUT2D eigenvalue weighted by atomic mass is 35.5. The molecule has 4 nitrogen and oxygen atoms in total. The summed E-state index contributed by atoms with van der Waals surface area (Å²) >= 11 is 5.98. The van der Waals surface area contributed by atoms with Crippen molar-refractivity contribution in [1.82, 2.24) is 4.98 Å². The first kappa shape index (κ1) is 13.6. The van der Waals surface area contributed by atoms with E-state index in [-0.39, 0.29) is 5.97 Å². The minimum absolute atomic E-state index is 0.203. The first-order valence-electron chi connectivity index (χ1n) is 6.06. The Hall–Kier alpha value is -1.81. The molecule has 0 aliphatic rings. The molecule has 1 N–H and O–H groups in total. The van der Waals surface area contributed by atoms with Gasteiger partial charge in [-0.25, -0.2) is 4.98 Å². The molecular formula is C14H15ClN2O2. The number of nitrogens with one attached hydrogen (secondary N) is 1. The van der Waals surface area contributed by atoms with Gasteiger partial charge in [0.25, 0.3) is 0 Å². The van der Waals surface area contributed by atoms with Gasteiger partial charge in [0.15, 0.2) is 0 Å². The molecule has 0 saturated carbocycles. The van der Waals surface area contributed by atoms with Gasteiger partial charge in [0.1, 0.15) is 11.0 Å². The number of ether oxygens (including phenoxy) is 1. The second kappa shape index (κ2) is 6.38. The predicted octanol–water partition coefficient (Wildman–Crippen LogP) is 3.25. The SMILES string of the molecule is COC(=O)CCCNc1nc(Cl)cc2ccccc12. The van der Waals surface area contributed by atoms with Crippen LogP contribution in [0.3, 0.4) is 0 Å². The predicted molar refractivity (Wildman–Crippen MR) is 76.5 cm³/mol. The summed E-state index contributed by atoms with van der Waals surface area (Å²) in [6.07, 6.45) is 1.08. The molecule has 0 aliphatic heterocycles. The van der Waals surface area contributed by atoms with Crippen LogP contribution in [0.1, 0.15) is 12.8 Å². The second-order valence-corrected chi connectivity index (χ2v) is 4.51. The van der Waals surface area contributed by atoms with Crippen molar-refractivity contribution in [2.24, 2.45) is 0 Å². The van der Waals surface area contributed by atoms with E-state index in [2.05, 4.69) is 15.0 Å². The van der Waals surface area contributed by atoms with E-state index in [1.807, 2.05) is 30.3 Å². The monoisotopic (exact) mass is 278 g/mol. The summed E-state index contributed by atoms with van der Waals surface area (Å²) in [5.41, 5.74) is 0. The zero-order valence-corrected chi connectivity index (χ0v) is 11.4. The fourth-order valence-electron chi connectivity index (χ4n) is 1.84. The van der Waals surface area contributed by atoms with Gasteiger partial charge in [-0.3, -0.25) is 4.79 Å². The molecule has 1 aromatic heterocycles. The lowest BCUT2D eigenvalue weighted by Gasteiger charge is -2.09. The van der Waals surface area contributed by atoms with Crippen LogP contribution >= 0.6 is 11.6 Å². The van der Waals surface area contributed by atoms with Crippen LogP contribution in [0.2, 0.25) is 5.15 Å². The minimum Gasteiger partial charge on any atom is -0.469 e. The number of pyridine rings is 1. The molecule has 0 fully saturated rings. The maximum Gasteiger partial charge on any atom is 0.305 e. The number of carbonyl (C=O) groups is 1. The van der Waals surface area contributed by atoms with E-state index in [1.54, 1.807) is 0 Å². The number of esters is 1. The van der Waals surface area contributed by atoms with Gasteiger partial charge in [-0.15, -0.1) is 0 Å². The number of aromatic nitrogens is 1. The molecule has 0 bridgehead atoms. The van der Waals surface area contributed by atoms with Crippen molar-refractivity contribution in [2.75, 3.05) is 19.0 Å². The van der Waals surface area contributed by atoms with E-state index in [0.717, 1.165) is 16.6 Å². The van der Waals surface area contributed by atoms with Crippen LogP contribution in [-0.2, 0) is 9.53 Å². The molecule has 19 heavy (non-hydrogen) atoms. The van der Waals surface area contributed by atoms with Crippen LogP contribution in [0.25, 0.3) is 10.8 Å². The van der Waals surface area contributed by atoms with Crippen molar-refractivity contribution < 1.29 is 9.53 Å². The molecule has 1 heterocycles. The summed E-state index contributed by atoms with van der Waals surface area (Å²) in [5, 5.41) is 5.72. The van der Waals surface area contributed by atoms with E-state index in [0.29, 0.717) is 24.5 Å². The van der Waals surface area contributed by atoms with E-state index >= 15 is 0 Å². The second-order valence-electron chi connectivity index (χ2n) is 4.12. The number of hydrogen-bond acceptors (Lipinski definition) is 4. The fourth-order valence-corrected chi connectivity index (χ4v) is 2.04. The van der Waals surface area contributed by atoms with Gasteiger partial charge < -0.3 is 10.1 Å². The molecule has 5 heteroatoms. The molecule has 0 unspecified atom stereocenters. The summed E-state index contributed by atoms with van der Waals surface area (Å²) in [6.45, 7) is 0.645. The van der Waals surface area contributed by atoms with Crippen molar-refractivity contribution in [3.8, 4) is 0 Å². The number of benzene rings is 1. The standard InChI is InChI=1S/C14H15ClN2O2/c1-19-13(18)7-4-8-16-14-11-6-3-2-5-10(11)9-12(15)17-14/h2-3,5-6,9H,4,7-8H2,1H3,(H,16,17). The van der Waals surface area contributed by atoms with Crippen LogP contribution in [-0.4, -0.2) is 24.6 Å². The summed E-state index contributed by atoms with van der Waals surface area (Å²) in [7, 11) is 1.39. The summed E-state index contributed by atoms with van der Waals surface area (Å²) in [5.74, 6) is 0.540. The summed E-state index contributed by atoms with van der Waals surface area (Å²) in [4.78, 5) is 15.3. The molecule has 2 rings (SSSR count). The lowest BCUT2D eigenvalue weighted by molar-refractivity contribution is -0.140. The smallest absolute Gasteiger partial charge is 0.305 e. The van der Waals surface area contributed by atoms with E-state index in [9.17, 15) is 4.79 Å². The Labute approximate surface area is 116 Å². The number of hydrogen-bond donors (Lipinski definition) is 1. The van der Waals surface area contributed by atoms with E-state index < -0.39 is 0 Å². The van der Waals surface area contributed by atoms with Gasteiger partial charge in [-0.1, -0.05) is 35.9 Å². The zero-order valence-electron chi connectivity index (χ0n) is 10.6. The first-order chi connectivity index (χ1) is 9.20. The third-order valence-corrected chi connectivity index (χ3v) is 2.98. The van der Waals surface area contributed by atoms with Gasteiger partial charge >= 0.3 is 5.97 Å². The first-order valence-corrected chi connectivity index (χ1v) is 6.44. The maximum absolute atomic E-state index is 11.0. The Morgan fingerprint density at radius 3 is 3.00 bits per heavy atom. The highest BCUT2D eigenvalue weighted by Crippen LogP contribution is 2.24. The highest BCUT2D eigenvalue weighted by Gasteiger charge is 2.05. The van der Waals surface area contributed by atoms with E-state index in [1.165, 1.54) is 7.11 Å². The van der Waals surface area contributed by atoms with Crippen LogP contribution in [0.15, 0.2) is 30.3 Å². The van der Waals surface area contributed by atoms with Crippen molar-refractivity contribution in [2.45, 2.75) is 12.8 Å². The Bertz CT molecular complexity index is 587. The maximum atomic E-state index is 11.0. The fraction of sp³-hybridized carbons (Fsp3) is 0.286. The molecule has 2 aromatic rings. The Morgan fingerprint density at radius 2 is 2.21 bits per heavy atom. The van der Waals surface area contributed by atoms with Gasteiger partial charge in [-0.05, 0) is 17.9 Å². The third kappa shape index (κ3) is 3.58. The van der Waals surface area contributed by atoms with Gasteiger partial charge in [0.2, 0.25) is 0 Å². The minimum atomic E-state index is -0.203. The van der Waals surface area contributed by atoms with Crippen LogP contribution in [0, 0.1) is 0 Å². The molecule has 1 aromatic carbocycles. The lowest BCUT2D eigenvalue weighted by atomic mass is 10.1. The molecule has 0 amide bonds. The summed E-state index contributed by atoms with van der Waals surface area (Å²) < 4.78 is 4.59. The number of rotatable bonds is 5. The normalized spacial score (nSPS) is 10.4. The van der Waals surface area contributed by atoms with Gasteiger partial charge in [0, 0.05) is 18.4 Å². The molecule has 0 aliphatic carbocycles. The van der Waals surface area contributed by atoms with Crippen LogP contribution < -0.4 is 5.32 Å². The molecule has 0 spiro atoms. The average Bonchev–Trinajstić information content (AvgIpc) is 2.42. The number of carbonyl (C=O) groups excluding carboxylic acids is 1. The molecule has 0 saturated heterocycles. The number of fused-ring (bicyclic) bond motifs is 1. The number of anilines is 1. The van der Waals surface area contributed by atoms with Gasteiger partial charge in [0.05, 0.1) is 7.11 Å². The van der Waals surface area contributed by atoms with Crippen molar-refractivity contribution in [1.29, 1.82) is 0 Å². The Morgan fingerprint density at radius 1 is 1.42 bits per heavy atom. The molecule has 100 valence electrons. The molecule has 0 radical (unpaired) electrons. The van der Waals surface area contributed by atoms with Crippen LogP contribution in [0.5, 0.6) is 0 Å². The van der Waals surface area contributed by atoms with E-state index in [4.69, 9.17) is 11.6 Å². The Kier molecular flexibility index (Phi) is 4.58. The number of nitrogens with zero attached hydrogens (tertiary/aromatic N) is 1. The van der Waals surface area contributed by atoms with Crippen molar-refractivity contribution in [3.05, 3.63) is 35.5 Å². The summed E-state index contributed by atoms with van der Waals surface area (Å²) in [6, 6.07) is 9.72. The van der Waals surface area contributed by atoms with Crippen LogP contribution in [0.4, 0.5) is 5.82 Å².